The number of carbonyl (C=O) groups excluding carboxylic acids is 1. The molecular formula is C16H10ClF3N2O2S. The number of nitrogens with one attached hydrogen (secondary N) is 1. The molecule has 0 aliphatic rings. The van der Waals surface area contributed by atoms with Gasteiger partial charge in [0, 0.05) is 0 Å². The molecule has 0 aliphatic heterocycles. The summed E-state index contributed by atoms with van der Waals surface area (Å²) in [6.45, 7) is -0.324. The topological polar surface area (TPSA) is 51.1 Å². The van der Waals surface area contributed by atoms with Crippen LogP contribution in [-0.4, -0.2) is 10.5 Å². The van der Waals surface area contributed by atoms with Crippen LogP contribution in [0.2, 0.25) is 5.02 Å². The van der Waals surface area contributed by atoms with Crippen LogP contribution in [0.15, 0.2) is 47.3 Å². The molecule has 0 spiro atoms. The van der Waals surface area contributed by atoms with Crippen molar-refractivity contribution in [3.8, 4) is 0 Å². The third kappa shape index (κ3) is 3.69. The second-order valence-corrected chi connectivity index (χ2v) is 6.56. The zero-order valence-electron chi connectivity index (χ0n) is 12.4. The molecule has 0 radical (unpaired) electrons. The molecule has 0 saturated carbocycles. The number of fused-ring (bicyclic) bond motifs is 1. The number of hydrogen-bond donors (Lipinski definition) is 1. The number of hydrogen-bond acceptors (Lipinski definition) is 3. The van der Waals surface area contributed by atoms with E-state index in [2.05, 4.69) is 5.32 Å². The van der Waals surface area contributed by atoms with E-state index >= 15 is 0 Å². The van der Waals surface area contributed by atoms with Gasteiger partial charge in [0.1, 0.15) is 6.54 Å². The molecule has 9 heteroatoms. The minimum Gasteiger partial charge on any atom is -0.323 e. The van der Waals surface area contributed by atoms with Crippen molar-refractivity contribution in [2.75, 3.05) is 5.32 Å². The van der Waals surface area contributed by atoms with Crippen LogP contribution in [0.25, 0.3) is 10.2 Å². The van der Waals surface area contributed by atoms with Crippen molar-refractivity contribution < 1.29 is 18.0 Å². The predicted octanol–water partition coefficient (Wildman–Crippen LogP) is 4.37. The molecule has 2 aromatic carbocycles. The number of carbonyl (C=O) groups is 1. The van der Waals surface area contributed by atoms with Gasteiger partial charge in [-0.2, -0.15) is 13.2 Å². The molecular weight excluding hydrogens is 377 g/mol. The summed E-state index contributed by atoms with van der Waals surface area (Å²) in [6, 6.07) is 9.59. The zero-order chi connectivity index (χ0) is 18.2. The van der Waals surface area contributed by atoms with Crippen LogP contribution in [0.3, 0.4) is 0 Å². The van der Waals surface area contributed by atoms with Gasteiger partial charge in [-0.15, -0.1) is 0 Å². The molecule has 0 bridgehead atoms. The van der Waals surface area contributed by atoms with Crippen molar-refractivity contribution in [2.45, 2.75) is 12.7 Å². The van der Waals surface area contributed by atoms with Crippen LogP contribution in [-0.2, 0) is 17.5 Å². The normalized spacial score (nSPS) is 11.7. The summed E-state index contributed by atoms with van der Waals surface area (Å²) in [5.41, 5.74) is -0.498. The molecule has 3 rings (SSSR count). The van der Waals surface area contributed by atoms with E-state index in [1.807, 2.05) is 0 Å². The van der Waals surface area contributed by atoms with Gasteiger partial charge in [-0.25, -0.2) is 0 Å². The number of thiazole rings is 1. The fourth-order valence-corrected chi connectivity index (χ4v) is 3.35. The van der Waals surface area contributed by atoms with Crippen LogP contribution >= 0.6 is 22.9 Å². The second kappa shape index (κ2) is 6.53. The Morgan fingerprint density at radius 3 is 2.64 bits per heavy atom. The van der Waals surface area contributed by atoms with Gasteiger partial charge >= 0.3 is 11.0 Å². The SMILES string of the molecule is O=C(Cn1c(=O)sc2ccccc21)Nc1cc(C(F)(F)F)ccc1Cl. The van der Waals surface area contributed by atoms with E-state index in [0.29, 0.717) is 5.52 Å². The fraction of sp³-hybridized carbons (Fsp3) is 0.125. The first kappa shape index (κ1) is 17.5. The van der Waals surface area contributed by atoms with Crippen LogP contribution < -0.4 is 10.2 Å². The summed E-state index contributed by atoms with van der Waals surface area (Å²) >= 11 is 6.84. The Morgan fingerprint density at radius 1 is 1.20 bits per heavy atom. The summed E-state index contributed by atoms with van der Waals surface area (Å²) in [4.78, 5) is 23.9. The lowest BCUT2D eigenvalue weighted by atomic mass is 10.2. The van der Waals surface area contributed by atoms with Gasteiger partial charge in [0.05, 0.1) is 26.5 Å². The van der Waals surface area contributed by atoms with E-state index in [0.717, 1.165) is 34.2 Å². The molecule has 1 N–H and O–H groups in total. The lowest BCUT2D eigenvalue weighted by Gasteiger charge is -2.12. The van der Waals surface area contributed by atoms with E-state index < -0.39 is 17.6 Å². The van der Waals surface area contributed by atoms with Crippen molar-refractivity contribution >= 4 is 44.7 Å². The molecule has 3 aromatic rings. The molecule has 0 saturated heterocycles. The maximum Gasteiger partial charge on any atom is 0.416 e. The highest BCUT2D eigenvalue weighted by molar-refractivity contribution is 7.16. The molecule has 1 heterocycles. The van der Waals surface area contributed by atoms with Crippen molar-refractivity contribution in [3.05, 3.63) is 62.7 Å². The van der Waals surface area contributed by atoms with Crippen molar-refractivity contribution in [3.63, 3.8) is 0 Å². The van der Waals surface area contributed by atoms with E-state index in [9.17, 15) is 22.8 Å². The first-order valence-corrected chi connectivity index (χ1v) is 8.20. The maximum absolute atomic E-state index is 12.8. The quantitative estimate of drug-likeness (QED) is 0.726. The Hall–Kier alpha value is -2.32. The van der Waals surface area contributed by atoms with Crippen LogP contribution in [0, 0.1) is 0 Å². The summed E-state index contributed by atoms with van der Waals surface area (Å²) in [5.74, 6) is -0.646. The Labute approximate surface area is 148 Å². The monoisotopic (exact) mass is 386 g/mol. The number of halogens is 4. The standard InChI is InChI=1S/C16H10ClF3N2O2S/c17-10-6-5-9(16(18,19)20)7-11(10)21-14(23)8-22-12-3-1-2-4-13(12)25-15(22)24/h1-7H,8H2,(H,21,23). The van der Waals surface area contributed by atoms with Gasteiger partial charge in [-0.05, 0) is 30.3 Å². The minimum atomic E-state index is -4.55. The Balaban J connectivity index is 1.86. The molecule has 0 atom stereocenters. The summed E-state index contributed by atoms with van der Waals surface area (Å²) < 4.78 is 40.3. The third-order valence-corrected chi connectivity index (χ3v) is 4.73. The van der Waals surface area contributed by atoms with Gasteiger partial charge < -0.3 is 5.32 Å². The lowest BCUT2D eigenvalue weighted by molar-refractivity contribution is -0.137. The number of para-hydroxylation sites is 1. The molecule has 4 nitrogen and oxygen atoms in total. The molecule has 130 valence electrons. The molecule has 1 aromatic heterocycles. The molecule has 1 amide bonds. The van der Waals surface area contributed by atoms with Gasteiger partial charge in [-0.1, -0.05) is 35.1 Å². The number of aromatic nitrogens is 1. The van der Waals surface area contributed by atoms with E-state index in [1.165, 1.54) is 4.57 Å². The summed E-state index contributed by atoms with van der Waals surface area (Å²) in [7, 11) is 0. The van der Waals surface area contributed by atoms with Crippen molar-refractivity contribution in [2.24, 2.45) is 0 Å². The second-order valence-electron chi connectivity index (χ2n) is 5.16. The third-order valence-electron chi connectivity index (χ3n) is 3.44. The first-order chi connectivity index (χ1) is 11.8. The smallest absolute Gasteiger partial charge is 0.323 e. The lowest BCUT2D eigenvalue weighted by Crippen LogP contribution is -2.24. The number of alkyl halides is 3. The summed E-state index contributed by atoms with van der Waals surface area (Å²) in [6.07, 6.45) is -4.55. The number of benzene rings is 2. The maximum atomic E-state index is 12.8. The van der Waals surface area contributed by atoms with Crippen LogP contribution in [0.4, 0.5) is 18.9 Å². The number of nitrogens with zero attached hydrogens (tertiary/aromatic N) is 1. The van der Waals surface area contributed by atoms with Crippen molar-refractivity contribution in [1.29, 1.82) is 0 Å². The van der Waals surface area contributed by atoms with Gasteiger partial charge in [-0.3, -0.25) is 14.2 Å². The molecule has 0 fully saturated rings. The van der Waals surface area contributed by atoms with Gasteiger partial charge in [0.2, 0.25) is 5.91 Å². The highest BCUT2D eigenvalue weighted by atomic mass is 35.5. The highest BCUT2D eigenvalue weighted by Crippen LogP contribution is 2.33. The average molecular weight is 387 g/mol. The number of rotatable bonds is 3. The number of anilines is 1. The molecule has 0 aliphatic carbocycles. The van der Waals surface area contributed by atoms with Crippen molar-refractivity contribution in [1.82, 2.24) is 4.57 Å². The van der Waals surface area contributed by atoms with Gasteiger partial charge in [0.25, 0.3) is 0 Å². The average Bonchev–Trinajstić information content (AvgIpc) is 2.84. The Morgan fingerprint density at radius 2 is 1.92 bits per heavy atom. The van der Waals surface area contributed by atoms with Crippen LogP contribution in [0.1, 0.15) is 5.56 Å². The van der Waals surface area contributed by atoms with E-state index in [-0.39, 0.29) is 22.1 Å². The Bertz CT molecular complexity index is 1010. The molecule has 0 unspecified atom stereocenters. The number of amides is 1. The van der Waals surface area contributed by atoms with E-state index in [1.54, 1.807) is 24.3 Å². The highest BCUT2D eigenvalue weighted by Gasteiger charge is 2.31. The minimum absolute atomic E-state index is 0.0242. The largest absolute Gasteiger partial charge is 0.416 e. The zero-order valence-corrected chi connectivity index (χ0v) is 14.0. The molecule has 25 heavy (non-hydrogen) atoms. The van der Waals surface area contributed by atoms with Gasteiger partial charge in [0.15, 0.2) is 0 Å². The Kier molecular flexibility index (Phi) is 4.57. The first-order valence-electron chi connectivity index (χ1n) is 7.00. The van der Waals surface area contributed by atoms with Crippen LogP contribution in [0.5, 0.6) is 0 Å². The predicted molar refractivity (Wildman–Crippen MR) is 91.2 cm³/mol. The fourth-order valence-electron chi connectivity index (χ4n) is 2.29. The summed E-state index contributed by atoms with van der Waals surface area (Å²) in [5, 5.41) is 2.30. The van der Waals surface area contributed by atoms with E-state index in [4.69, 9.17) is 11.6 Å².